The second-order valence-electron chi connectivity index (χ2n) is 1.92. The first kappa shape index (κ1) is 7.01. The van der Waals surface area contributed by atoms with Crippen LogP contribution in [0.5, 0.6) is 0 Å². The summed E-state index contributed by atoms with van der Waals surface area (Å²) in [6.07, 6.45) is 0.510. The minimum atomic E-state index is -0.441. The standard InChI is InChI=1S/C5H9N3O2/c1-8-5(9)10-4(7-8)2-3-6/h2-3,6H2,1H3. The molecular formula is C5H9N3O2. The third kappa shape index (κ3) is 1.24. The van der Waals surface area contributed by atoms with Crippen molar-refractivity contribution in [3.63, 3.8) is 0 Å². The van der Waals surface area contributed by atoms with Crippen LogP contribution in [0.1, 0.15) is 5.89 Å². The van der Waals surface area contributed by atoms with Gasteiger partial charge in [-0.25, -0.2) is 4.79 Å². The van der Waals surface area contributed by atoms with E-state index in [0.717, 1.165) is 4.68 Å². The SMILES string of the molecule is Cn1nc(CCN)oc1=O. The van der Waals surface area contributed by atoms with Gasteiger partial charge in [-0.2, -0.15) is 4.68 Å². The van der Waals surface area contributed by atoms with Crippen LogP contribution in [0.25, 0.3) is 0 Å². The molecule has 5 heteroatoms. The summed E-state index contributed by atoms with van der Waals surface area (Å²) >= 11 is 0. The van der Waals surface area contributed by atoms with Crippen LogP contribution in [0.3, 0.4) is 0 Å². The number of hydrogen-bond acceptors (Lipinski definition) is 4. The maximum absolute atomic E-state index is 10.6. The Morgan fingerprint density at radius 2 is 2.50 bits per heavy atom. The second kappa shape index (κ2) is 2.66. The Labute approximate surface area is 57.4 Å². The third-order valence-electron chi connectivity index (χ3n) is 1.09. The summed E-state index contributed by atoms with van der Waals surface area (Å²) in [6, 6.07) is 0. The monoisotopic (exact) mass is 143 g/mol. The van der Waals surface area contributed by atoms with Crippen molar-refractivity contribution in [2.24, 2.45) is 12.8 Å². The summed E-state index contributed by atoms with van der Waals surface area (Å²) < 4.78 is 5.81. The van der Waals surface area contributed by atoms with E-state index in [2.05, 4.69) is 9.52 Å². The highest BCUT2D eigenvalue weighted by Gasteiger charge is 2.01. The lowest BCUT2D eigenvalue weighted by Crippen LogP contribution is -2.09. The molecule has 0 amide bonds. The third-order valence-corrected chi connectivity index (χ3v) is 1.09. The van der Waals surface area contributed by atoms with Crippen molar-refractivity contribution in [3.05, 3.63) is 16.4 Å². The number of nitrogens with zero attached hydrogens (tertiary/aromatic N) is 2. The van der Waals surface area contributed by atoms with Gasteiger partial charge in [0.2, 0.25) is 5.89 Å². The molecule has 0 spiro atoms. The van der Waals surface area contributed by atoms with Crippen molar-refractivity contribution in [1.82, 2.24) is 9.78 Å². The molecule has 0 atom stereocenters. The molecule has 0 saturated carbocycles. The van der Waals surface area contributed by atoms with Gasteiger partial charge in [0.05, 0.1) is 0 Å². The fraction of sp³-hybridized carbons (Fsp3) is 0.600. The molecule has 5 nitrogen and oxygen atoms in total. The zero-order chi connectivity index (χ0) is 7.56. The summed E-state index contributed by atoms with van der Waals surface area (Å²) in [5, 5.41) is 3.76. The first-order valence-electron chi connectivity index (χ1n) is 2.97. The van der Waals surface area contributed by atoms with Crippen LogP contribution in [0.4, 0.5) is 0 Å². The molecule has 0 radical (unpaired) electrons. The average molecular weight is 143 g/mol. The van der Waals surface area contributed by atoms with Crippen LogP contribution >= 0.6 is 0 Å². The zero-order valence-corrected chi connectivity index (χ0v) is 5.70. The van der Waals surface area contributed by atoms with Gasteiger partial charge in [-0.3, -0.25) is 0 Å². The Morgan fingerprint density at radius 1 is 1.80 bits per heavy atom. The molecule has 0 aliphatic rings. The largest absolute Gasteiger partial charge is 0.436 e. The molecule has 0 aromatic carbocycles. The predicted molar refractivity (Wildman–Crippen MR) is 34.5 cm³/mol. The minimum absolute atomic E-state index is 0.398. The van der Waals surface area contributed by atoms with Crippen LogP contribution < -0.4 is 11.5 Å². The second-order valence-corrected chi connectivity index (χ2v) is 1.92. The lowest BCUT2D eigenvalue weighted by Gasteiger charge is -1.83. The van der Waals surface area contributed by atoms with Crippen LogP contribution in [0.15, 0.2) is 9.21 Å². The summed E-state index contributed by atoms with van der Waals surface area (Å²) in [7, 11) is 1.53. The molecule has 0 fully saturated rings. The Morgan fingerprint density at radius 3 is 2.90 bits per heavy atom. The Hall–Kier alpha value is -1.10. The molecule has 2 N–H and O–H groups in total. The predicted octanol–water partition coefficient (Wildman–Crippen LogP) is -1.13. The van der Waals surface area contributed by atoms with Crippen molar-refractivity contribution in [3.8, 4) is 0 Å². The van der Waals surface area contributed by atoms with Crippen LogP contribution in [0.2, 0.25) is 0 Å². The Bertz CT molecular complexity index is 262. The van der Waals surface area contributed by atoms with Crippen LogP contribution in [-0.4, -0.2) is 16.3 Å². The molecule has 0 aliphatic carbocycles. The van der Waals surface area contributed by atoms with Gasteiger partial charge in [-0.1, -0.05) is 0 Å². The molecule has 0 saturated heterocycles. The number of aryl methyl sites for hydroxylation is 1. The topological polar surface area (TPSA) is 74.1 Å². The van der Waals surface area contributed by atoms with E-state index in [1.54, 1.807) is 0 Å². The van der Waals surface area contributed by atoms with Gasteiger partial charge in [-0.05, 0) is 0 Å². The van der Waals surface area contributed by atoms with Crippen LogP contribution in [0, 0.1) is 0 Å². The highest BCUT2D eigenvalue weighted by molar-refractivity contribution is 4.74. The molecule has 1 aromatic rings. The molecule has 1 aromatic heterocycles. The van der Waals surface area contributed by atoms with Crippen molar-refractivity contribution >= 4 is 0 Å². The van der Waals surface area contributed by atoms with Gasteiger partial charge in [0.25, 0.3) is 0 Å². The number of rotatable bonds is 2. The van der Waals surface area contributed by atoms with Crippen LogP contribution in [-0.2, 0) is 13.5 Å². The van der Waals surface area contributed by atoms with E-state index in [1.165, 1.54) is 7.05 Å². The first-order valence-corrected chi connectivity index (χ1v) is 2.97. The van der Waals surface area contributed by atoms with E-state index >= 15 is 0 Å². The van der Waals surface area contributed by atoms with E-state index in [-0.39, 0.29) is 0 Å². The molecule has 0 bridgehead atoms. The molecule has 56 valence electrons. The van der Waals surface area contributed by atoms with Gasteiger partial charge in [0.15, 0.2) is 0 Å². The smallest absolute Gasteiger partial charge is 0.392 e. The van der Waals surface area contributed by atoms with E-state index in [4.69, 9.17) is 5.73 Å². The van der Waals surface area contributed by atoms with Crippen molar-refractivity contribution < 1.29 is 4.42 Å². The normalized spacial score (nSPS) is 10.2. The van der Waals surface area contributed by atoms with Crippen molar-refractivity contribution in [2.45, 2.75) is 6.42 Å². The van der Waals surface area contributed by atoms with E-state index in [9.17, 15) is 4.79 Å². The molecule has 1 heterocycles. The molecule has 0 unspecified atom stereocenters. The maximum atomic E-state index is 10.6. The summed E-state index contributed by atoms with van der Waals surface area (Å²) in [4.78, 5) is 10.6. The lowest BCUT2D eigenvalue weighted by atomic mass is 10.4. The molecule has 0 aliphatic heterocycles. The molecule has 1 rings (SSSR count). The number of hydrogen-bond donors (Lipinski definition) is 1. The van der Waals surface area contributed by atoms with Gasteiger partial charge in [-0.15, -0.1) is 5.10 Å². The molecule has 10 heavy (non-hydrogen) atoms. The zero-order valence-electron chi connectivity index (χ0n) is 5.70. The van der Waals surface area contributed by atoms with Gasteiger partial charge in [0.1, 0.15) is 0 Å². The van der Waals surface area contributed by atoms with E-state index in [0.29, 0.717) is 18.9 Å². The van der Waals surface area contributed by atoms with E-state index < -0.39 is 5.76 Å². The lowest BCUT2D eigenvalue weighted by molar-refractivity contribution is 0.455. The quantitative estimate of drug-likeness (QED) is 0.568. The summed E-state index contributed by atoms with van der Waals surface area (Å²) in [6.45, 7) is 0.444. The van der Waals surface area contributed by atoms with E-state index in [1.807, 2.05) is 0 Å². The fourth-order valence-corrected chi connectivity index (χ4v) is 0.620. The van der Waals surface area contributed by atoms with Gasteiger partial charge >= 0.3 is 5.76 Å². The average Bonchev–Trinajstić information content (AvgIpc) is 2.14. The minimum Gasteiger partial charge on any atom is -0.392 e. The highest BCUT2D eigenvalue weighted by atomic mass is 16.4. The maximum Gasteiger partial charge on any atom is 0.436 e. The first-order chi connectivity index (χ1) is 4.74. The Kier molecular flexibility index (Phi) is 1.86. The number of aromatic nitrogens is 2. The van der Waals surface area contributed by atoms with Gasteiger partial charge in [0, 0.05) is 20.0 Å². The highest BCUT2D eigenvalue weighted by Crippen LogP contribution is 1.87. The fourth-order valence-electron chi connectivity index (χ4n) is 0.620. The molecular weight excluding hydrogens is 134 g/mol. The van der Waals surface area contributed by atoms with Crippen molar-refractivity contribution in [1.29, 1.82) is 0 Å². The summed E-state index contributed by atoms with van der Waals surface area (Å²) in [5.41, 5.74) is 5.21. The Balaban J connectivity index is 2.88. The van der Waals surface area contributed by atoms with Gasteiger partial charge < -0.3 is 10.2 Å². The van der Waals surface area contributed by atoms with Crippen molar-refractivity contribution in [2.75, 3.05) is 6.54 Å². The summed E-state index contributed by atoms with van der Waals surface area (Å²) in [5.74, 6) is -0.0431. The number of nitrogens with two attached hydrogens (primary N) is 1.